The van der Waals surface area contributed by atoms with Gasteiger partial charge in [0.25, 0.3) is 11.6 Å². The zero-order chi connectivity index (χ0) is 28.1. The van der Waals surface area contributed by atoms with E-state index in [9.17, 15) is 19.7 Å². The first kappa shape index (κ1) is 27.0. The quantitative estimate of drug-likeness (QED) is 0.203. The van der Waals surface area contributed by atoms with Crippen molar-refractivity contribution in [1.82, 2.24) is 5.32 Å². The number of hydrogen-bond acceptors (Lipinski definition) is 6. The van der Waals surface area contributed by atoms with Gasteiger partial charge in [0.1, 0.15) is 5.75 Å². The molecular formula is C31H27N3O5S. The Kier molecular flexibility index (Phi) is 8.12. The normalized spacial score (nSPS) is 14.7. The van der Waals surface area contributed by atoms with Crippen LogP contribution < -0.4 is 15.0 Å². The largest absolute Gasteiger partial charge is 0.497 e. The molecule has 5 rings (SSSR count). The predicted molar refractivity (Wildman–Crippen MR) is 155 cm³/mol. The summed E-state index contributed by atoms with van der Waals surface area (Å²) in [5, 5.41) is 14.3. The third-order valence-electron chi connectivity index (χ3n) is 6.76. The van der Waals surface area contributed by atoms with Crippen LogP contribution in [0.3, 0.4) is 0 Å². The van der Waals surface area contributed by atoms with E-state index in [1.807, 2.05) is 60.7 Å². The van der Waals surface area contributed by atoms with Crippen molar-refractivity contribution in [2.75, 3.05) is 12.0 Å². The lowest BCUT2D eigenvalue weighted by atomic mass is 10.1. The Morgan fingerprint density at radius 2 is 1.70 bits per heavy atom. The van der Waals surface area contributed by atoms with Gasteiger partial charge < -0.3 is 15.0 Å². The summed E-state index contributed by atoms with van der Waals surface area (Å²) in [7, 11) is 1.61. The third-order valence-corrected chi connectivity index (χ3v) is 8.08. The van der Waals surface area contributed by atoms with Gasteiger partial charge in [0, 0.05) is 40.3 Å². The van der Waals surface area contributed by atoms with E-state index >= 15 is 0 Å². The van der Waals surface area contributed by atoms with E-state index in [2.05, 4.69) is 5.32 Å². The number of nitrogens with zero attached hydrogens (tertiary/aromatic N) is 2. The minimum Gasteiger partial charge on any atom is -0.497 e. The SMILES string of the molecule is COc1ccc(CNC(=O)c2ccc(C3CC(=O)N(Cc4ccccc4[N+](=O)[O-])c4ccccc4S3)cc2)cc1. The zero-order valence-electron chi connectivity index (χ0n) is 21.8. The van der Waals surface area contributed by atoms with E-state index in [4.69, 9.17) is 4.74 Å². The first-order valence-corrected chi connectivity index (χ1v) is 13.6. The maximum absolute atomic E-state index is 13.6. The lowest BCUT2D eigenvalue weighted by Crippen LogP contribution is -2.30. The first-order chi connectivity index (χ1) is 19.4. The fourth-order valence-corrected chi connectivity index (χ4v) is 5.89. The highest BCUT2D eigenvalue weighted by molar-refractivity contribution is 7.99. The summed E-state index contributed by atoms with van der Waals surface area (Å²) >= 11 is 1.58. The molecule has 8 nitrogen and oxygen atoms in total. The minimum atomic E-state index is -0.421. The Morgan fingerprint density at radius 3 is 2.42 bits per heavy atom. The second-order valence-electron chi connectivity index (χ2n) is 9.30. The Morgan fingerprint density at radius 1 is 1.00 bits per heavy atom. The number of methoxy groups -OCH3 is 1. The Balaban J connectivity index is 1.32. The maximum atomic E-state index is 13.6. The van der Waals surface area contributed by atoms with Crippen molar-refractivity contribution in [2.45, 2.75) is 29.7 Å². The van der Waals surface area contributed by atoms with Crippen molar-refractivity contribution in [3.05, 3.63) is 129 Å². The van der Waals surface area contributed by atoms with Gasteiger partial charge in [-0.1, -0.05) is 54.6 Å². The van der Waals surface area contributed by atoms with Crippen LogP contribution in [0, 0.1) is 10.1 Å². The van der Waals surface area contributed by atoms with Gasteiger partial charge in [0.15, 0.2) is 0 Å². The molecule has 1 aliphatic heterocycles. The van der Waals surface area contributed by atoms with Crippen LogP contribution in [0.4, 0.5) is 11.4 Å². The van der Waals surface area contributed by atoms with Crippen LogP contribution >= 0.6 is 11.8 Å². The highest BCUT2D eigenvalue weighted by atomic mass is 32.2. The van der Waals surface area contributed by atoms with E-state index in [0.29, 0.717) is 17.7 Å². The highest BCUT2D eigenvalue weighted by Gasteiger charge is 2.30. The average molecular weight is 554 g/mol. The molecular weight excluding hydrogens is 526 g/mol. The summed E-state index contributed by atoms with van der Waals surface area (Å²) in [5.74, 6) is 0.447. The van der Waals surface area contributed by atoms with E-state index in [1.165, 1.54) is 6.07 Å². The summed E-state index contributed by atoms with van der Waals surface area (Å²) < 4.78 is 5.17. The van der Waals surface area contributed by atoms with E-state index in [0.717, 1.165) is 27.5 Å². The summed E-state index contributed by atoms with van der Waals surface area (Å²) in [6.07, 6.45) is 0.211. The first-order valence-electron chi connectivity index (χ1n) is 12.7. The molecule has 0 saturated heterocycles. The van der Waals surface area contributed by atoms with Gasteiger partial charge in [0.2, 0.25) is 5.91 Å². The van der Waals surface area contributed by atoms with Crippen molar-refractivity contribution in [3.63, 3.8) is 0 Å². The number of rotatable bonds is 8. The monoisotopic (exact) mass is 553 g/mol. The summed E-state index contributed by atoms with van der Waals surface area (Å²) in [6, 6.07) is 28.9. The number of para-hydroxylation sites is 2. The lowest BCUT2D eigenvalue weighted by molar-refractivity contribution is -0.385. The fourth-order valence-electron chi connectivity index (χ4n) is 4.61. The Hall–Kier alpha value is -4.63. The summed E-state index contributed by atoms with van der Waals surface area (Å²) in [6.45, 7) is 0.497. The molecule has 9 heteroatoms. The molecule has 0 radical (unpaired) electrons. The number of carbonyl (C=O) groups is 2. The van der Waals surface area contributed by atoms with Gasteiger partial charge in [-0.3, -0.25) is 19.7 Å². The number of thioether (sulfide) groups is 1. The van der Waals surface area contributed by atoms with Crippen LogP contribution in [0.1, 0.15) is 38.7 Å². The molecule has 4 aromatic rings. The zero-order valence-corrected chi connectivity index (χ0v) is 22.6. The molecule has 40 heavy (non-hydrogen) atoms. The Bertz CT molecular complexity index is 1540. The number of nitro groups is 1. The van der Waals surface area contributed by atoms with Gasteiger partial charge in [-0.2, -0.15) is 0 Å². The molecule has 0 spiro atoms. The molecule has 202 valence electrons. The number of hydrogen-bond donors (Lipinski definition) is 1. The topological polar surface area (TPSA) is 102 Å². The minimum absolute atomic E-state index is 0.0120. The fraction of sp³-hybridized carbons (Fsp3) is 0.161. The number of ether oxygens (including phenoxy) is 1. The van der Waals surface area contributed by atoms with Crippen LogP contribution in [-0.2, 0) is 17.9 Å². The van der Waals surface area contributed by atoms with Crippen molar-refractivity contribution >= 4 is 35.0 Å². The standard InChI is InChI=1S/C31H27N3O5S/c1-39-25-16-10-21(11-17-25)19-32-31(36)23-14-12-22(13-15-23)29-18-30(35)33(27-8-4-5-9-28(27)40-29)20-24-6-2-3-7-26(24)34(37)38/h2-17,29H,18-20H2,1H3,(H,32,36). The van der Waals surface area contributed by atoms with Crippen LogP contribution in [0.25, 0.3) is 0 Å². The van der Waals surface area contributed by atoms with Crippen LogP contribution in [0.15, 0.2) is 102 Å². The molecule has 1 N–H and O–H groups in total. The molecule has 0 saturated carbocycles. The molecule has 2 amide bonds. The molecule has 1 aliphatic rings. The summed E-state index contributed by atoms with van der Waals surface area (Å²) in [4.78, 5) is 40.0. The highest BCUT2D eigenvalue weighted by Crippen LogP contribution is 2.46. The van der Waals surface area contributed by atoms with Crippen LogP contribution in [0.5, 0.6) is 5.75 Å². The van der Waals surface area contributed by atoms with Crippen molar-refractivity contribution in [1.29, 1.82) is 0 Å². The van der Waals surface area contributed by atoms with E-state index in [1.54, 1.807) is 54.1 Å². The molecule has 0 bridgehead atoms. The molecule has 1 unspecified atom stereocenters. The number of nitro benzene ring substituents is 1. The number of amides is 2. The smallest absolute Gasteiger partial charge is 0.274 e. The summed E-state index contributed by atoms with van der Waals surface area (Å²) in [5.41, 5.74) is 3.61. The molecule has 1 atom stereocenters. The van der Waals surface area contributed by atoms with Gasteiger partial charge in [-0.15, -0.1) is 11.8 Å². The lowest BCUT2D eigenvalue weighted by Gasteiger charge is -2.22. The van der Waals surface area contributed by atoms with Gasteiger partial charge in [0.05, 0.1) is 24.3 Å². The molecule has 4 aromatic carbocycles. The average Bonchev–Trinajstić information content (AvgIpc) is 3.12. The molecule has 0 fully saturated rings. The third kappa shape index (κ3) is 6.00. The van der Waals surface area contributed by atoms with E-state index in [-0.39, 0.29) is 35.7 Å². The van der Waals surface area contributed by atoms with Gasteiger partial charge in [-0.25, -0.2) is 0 Å². The van der Waals surface area contributed by atoms with Crippen molar-refractivity contribution in [3.8, 4) is 5.75 Å². The number of benzene rings is 4. The number of carbonyl (C=O) groups excluding carboxylic acids is 2. The second-order valence-corrected chi connectivity index (χ2v) is 10.5. The van der Waals surface area contributed by atoms with Crippen LogP contribution in [-0.4, -0.2) is 23.8 Å². The Labute approximate surface area is 236 Å². The predicted octanol–water partition coefficient (Wildman–Crippen LogP) is 6.30. The number of fused-ring (bicyclic) bond motifs is 1. The van der Waals surface area contributed by atoms with Gasteiger partial charge in [-0.05, 0) is 47.5 Å². The number of nitrogens with one attached hydrogen (secondary N) is 1. The van der Waals surface area contributed by atoms with E-state index < -0.39 is 4.92 Å². The van der Waals surface area contributed by atoms with Crippen molar-refractivity contribution < 1.29 is 19.2 Å². The number of anilines is 1. The van der Waals surface area contributed by atoms with Crippen molar-refractivity contribution in [2.24, 2.45) is 0 Å². The molecule has 1 heterocycles. The molecule has 0 aliphatic carbocycles. The molecule has 0 aromatic heterocycles. The maximum Gasteiger partial charge on any atom is 0.274 e. The van der Waals surface area contributed by atoms with Crippen LogP contribution in [0.2, 0.25) is 0 Å². The second kappa shape index (κ2) is 12.0. The van der Waals surface area contributed by atoms with Gasteiger partial charge >= 0.3 is 0 Å².